The zero-order valence-corrected chi connectivity index (χ0v) is 16.5. The Labute approximate surface area is 162 Å². The first-order valence-electron chi connectivity index (χ1n) is 9.08. The molecule has 1 aromatic carbocycles. The van der Waals surface area contributed by atoms with E-state index in [1.807, 2.05) is 6.92 Å². The topological polar surface area (TPSA) is 105 Å². The number of anilines is 1. The van der Waals surface area contributed by atoms with Crippen molar-refractivity contribution in [2.75, 3.05) is 5.32 Å². The minimum Gasteiger partial charge on any atom is -0.368 e. The van der Waals surface area contributed by atoms with Crippen molar-refractivity contribution in [1.82, 2.24) is 4.98 Å². The van der Waals surface area contributed by atoms with Gasteiger partial charge in [0.1, 0.15) is 16.8 Å². The number of nitro benzene ring substituents is 1. The van der Waals surface area contributed by atoms with Gasteiger partial charge in [-0.3, -0.25) is 19.7 Å². The molecule has 2 rings (SSSR count). The van der Waals surface area contributed by atoms with Gasteiger partial charge in [-0.15, -0.1) is 0 Å². The van der Waals surface area contributed by atoms with E-state index in [1.165, 1.54) is 19.1 Å². The Hall–Kier alpha value is -2.41. The van der Waals surface area contributed by atoms with E-state index in [-0.39, 0.29) is 39.0 Å². The second kappa shape index (κ2) is 8.99. The van der Waals surface area contributed by atoms with Crippen LogP contribution in [0.2, 0.25) is 5.02 Å². The number of rotatable bonds is 9. The van der Waals surface area contributed by atoms with Crippen molar-refractivity contribution < 1.29 is 9.72 Å². The Kier molecular flexibility index (Phi) is 6.96. The minimum atomic E-state index is -0.689. The fraction of sp³-hybridized carbons (Fsp3) is 0.474. The molecule has 0 fully saturated rings. The van der Waals surface area contributed by atoms with Crippen molar-refractivity contribution in [3.05, 3.63) is 43.1 Å². The summed E-state index contributed by atoms with van der Waals surface area (Å²) in [5, 5.41) is 14.5. The fourth-order valence-electron chi connectivity index (χ4n) is 3.14. The number of pyridine rings is 1. The quantitative estimate of drug-likeness (QED) is 0.268. The molecule has 1 heterocycles. The number of hydrogen-bond donors (Lipinski definition) is 2. The Morgan fingerprint density at radius 2 is 2.04 bits per heavy atom. The number of ketones is 1. The van der Waals surface area contributed by atoms with Gasteiger partial charge >= 0.3 is 0 Å². The van der Waals surface area contributed by atoms with Crippen LogP contribution in [0.3, 0.4) is 0 Å². The van der Waals surface area contributed by atoms with Crippen LogP contribution in [0.25, 0.3) is 10.9 Å². The number of fused-ring (bicyclic) bond motifs is 1. The van der Waals surface area contributed by atoms with Crippen LogP contribution >= 0.6 is 11.6 Å². The second-order valence-corrected chi connectivity index (χ2v) is 7.14. The number of hydrogen-bond acceptors (Lipinski definition) is 5. The molecule has 1 unspecified atom stereocenters. The van der Waals surface area contributed by atoms with Gasteiger partial charge in [0.25, 0.3) is 5.69 Å². The first-order valence-corrected chi connectivity index (χ1v) is 9.46. The normalized spacial score (nSPS) is 12.1. The number of H-pyrrole nitrogens is 1. The number of nitro groups is 1. The molecule has 146 valence electrons. The van der Waals surface area contributed by atoms with Gasteiger partial charge in [-0.05, 0) is 26.3 Å². The molecule has 0 saturated heterocycles. The minimum absolute atomic E-state index is 0.0190. The Bertz CT molecular complexity index is 923. The highest BCUT2D eigenvalue weighted by Gasteiger charge is 2.24. The number of nitrogens with one attached hydrogen (secondary N) is 2. The highest BCUT2D eigenvalue weighted by atomic mass is 35.5. The highest BCUT2D eigenvalue weighted by molar-refractivity contribution is 6.35. The third-order valence-electron chi connectivity index (χ3n) is 4.52. The molecule has 0 aliphatic carbocycles. The Balaban J connectivity index is 2.52. The van der Waals surface area contributed by atoms with Gasteiger partial charge in [-0.25, -0.2) is 0 Å². The summed E-state index contributed by atoms with van der Waals surface area (Å²) in [5.41, 5.74) is -1.03. The van der Waals surface area contributed by atoms with Crippen LogP contribution in [-0.2, 0) is 0 Å². The summed E-state index contributed by atoms with van der Waals surface area (Å²) in [6.45, 7) is 5.38. The third kappa shape index (κ3) is 4.66. The van der Waals surface area contributed by atoms with Crippen LogP contribution < -0.4 is 10.7 Å². The molecule has 2 aromatic rings. The van der Waals surface area contributed by atoms with Gasteiger partial charge in [-0.2, -0.15) is 0 Å². The number of carbonyl (C=O) groups is 1. The van der Waals surface area contributed by atoms with E-state index in [4.69, 9.17) is 11.6 Å². The summed E-state index contributed by atoms with van der Waals surface area (Å²) in [6, 6.07) is 2.56. The maximum absolute atomic E-state index is 12.9. The molecule has 0 radical (unpaired) electrons. The molecule has 0 bridgehead atoms. The lowest BCUT2D eigenvalue weighted by atomic mass is 10.0. The zero-order valence-electron chi connectivity index (χ0n) is 15.7. The van der Waals surface area contributed by atoms with Gasteiger partial charge < -0.3 is 10.3 Å². The molecule has 0 aliphatic heterocycles. The maximum atomic E-state index is 12.9. The van der Waals surface area contributed by atoms with E-state index in [0.29, 0.717) is 0 Å². The van der Waals surface area contributed by atoms with Crippen LogP contribution in [0, 0.1) is 10.1 Å². The summed E-state index contributed by atoms with van der Waals surface area (Å²) in [6.07, 6.45) is 5.33. The Morgan fingerprint density at radius 3 is 2.63 bits per heavy atom. The number of nitrogens with zero attached hydrogens (tertiary/aromatic N) is 1. The largest absolute Gasteiger partial charge is 0.368 e. The predicted molar refractivity (Wildman–Crippen MR) is 108 cm³/mol. The van der Waals surface area contributed by atoms with Crippen molar-refractivity contribution in [2.24, 2.45) is 0 Å². The molecule has 0 saturated carbocycles. The maximum Gasteiger partial charge on any atom is 0.282 e. The second-order valence-electron chi connectivity index (χ2n) is 6.73. The highest BCUT2D eigenvalue weighted by Crippen LogP contribution is 2.30. The molecule has 1 aromatic heterocycles. The van der Waals surface area contributed by atoms with Gasteiger partial charge in [-0.1, -0.05) is 44.2 Å². The number of Topliss-reactive ketones (excluding diaryl/α,β-unsaturated/α-hetero) is 1. The number of aromatic amines is 1. The smallest absolute Gasteiger partial charge is 0.282 e. The predicted octanol–water partition coefficient (Wildman–Crippen LogP) is 5.06. The number of non-ortho nitro benzene ring substituents is 1. The Morgan fingerprint density at radius 1 is 1.33 bits per heavy atom. The van der Waals surface area contributed by atoms with Crippen LogP contribution in [0.1, 0.15) is 63.2 Å². The van der Waals surface area contributed by atoms with E-state index in [1.54, 1.807) is 0 Å². The van der Waals surface area contributed by atoms with Gasteiger partial charge in [0.05, 0.1) is 15.5 Å². The number of unbranched alkanes of at least 4 members (excludes halogenated alkanes) is 3. The van der Waals surface area contributed by atoms with Crippen molar-refractivity contribution in [1.29, 1.82) is 0 Å². The van der Waals surface area contributed by atoms with Gasteiger partial charge in [0.15, 0.2) is 5.78 Å². The van der Waals surface area contributed by atoms with Crippen molar-refractivity contribution >= 4 is 39.8 Å². The summed E-state index contributed by atoms with van der Waals surface area (Å²) < 4.78 is 0. The SMILES string of the molecule is CCCCCCC(C)Nc1[nH]c2c(Cl)ccc([N+](=O)[O-])c2c(=O)c1C(C)=O. The molecular weight excluding hydrogens is 370 g/mol. The molecule has 0 aliphatic rings. The molecule has 0 amide bonds. The number of aromatic nitrogens is 1. The van der Waals surface area contributed by atoms with Crippen LogP contribution in [0.4, 0.5) is 11.5 Å². The van der Waals surface area contributed by atoms with Crippen LogP contribution in [0.15, 0.2) is 16.9 Å². The van der Waals surface area contributed by atoms with E-state index in [9.17, 15) is 19.7 Å². The van der Waals surface area contributed by atoms with Crippen LogP contribution in [0.5, 0.6) is 0 Å². The molecular formula is C19H24ClN3O4. The lowest BCUT2D eigenvalue weighted by molar-refractivity contribution is -0.383. The molecule has 2 N–H and O–H groups in total. The van der Waals surface area contributed by atoms with E-state index < -0.39 is 16.1 Å². The van der Waals surface area contributed by atoms with E-state index in [0.717, 1.165) is 32.1 Å². The molecule has 1 atom stereocenters. The average Bonchev–Trinajstić information content (AvgIpc) is 2.59. The number of benzene rings is 1. The van der Waals surface area contributed by atoms with Crippen molar-refractivity contribution in [3.63, 3.8) is 0 Å². The number of halogens is 1. The summed E-state index contributed by atoms with van der Waals surface area (Å²) in [7, 11) is 0. The monoisotopic (exact) mass is 393 g/mol. The molecule has 27 heavy (non-hydrogen) atoms. The molecule has 8 heteroatoms. The van der Waals surface area contributed by atoms with Crippen molar-refractivity contribution in [2.45, 2.75) is 58.9 Å². The fourth-order valence-corrected chi connectivity index (χ4v) is 3.34. The first kappa shape index (κ1) is 20.9. The standard InChI is InChI=1S/C19H24ClN3O4/c1-4-5-6-7-8-11(2)21-19-15(12(3)24)18(25)16-14(23(26)27)10-9-13(20)17(16)22-19/h9-11H,4-8H2,1-3H3,(H2,21,22,25). The van der Waals surface area contributed by atoms with Crippen molar-refractivity contribution in [3.8, 4) is 0 Å². The van der Waals surface area contributed by atoms with E-state index >= 15 is 0 Å². The molecule has 0 spiro atoms. The van der Waals surface area contributed by atoms with Gasteiger partial charge in [0.2, 0.25) is 5.43 Å². The lowest BCUT2D eigenvalue weighted by Crippen LogP contribution is -2.24. The lowest BCUT2D eigenvalue weighted by Gasteiger charge is -2.18. The summed E-state index contributed by atoms with van der Waals surface area (Å²) in [5.74, 6) is -0.210. The molecule has 7 nitrogen and oxygen atoms in total. The van der Waals surface area contributed by atoms with Crippen LogP contribution in [-0.4, -0.2) is 21.7 Å². The summed E-state index contributed by atoms with van der Waals surface area (Å²) in [4.78, 5) is 38.6. The van der Waals surface area contributed by atoms with E-state index in [2.05, 4.69) is 17.2 Å². The average molecular weight is 394 g/mol. The van der Waals surface area contributed by atoms with Gasteiger partial charge in [0, 0.05) is 12.1 Å². The third-order valence-corrected chi connectivity index (χ3v) is 4.83. The number of carbonyl (C=O) groups excluding carboxylic acids is 1. The first-order chi connectivity index (χ1) is 12.8. The summed E-state index contributed by atoms with van der Waals surface area (Å²) >= 11 is 6.16. The zero-order chi connectivity index (χ0) is 20.1.